The van der Waals surface area contributed by atoms with Crippen molar-refractivity contribution in [2.45, 2.75) is 31.7 Å². The maximum absolute atomic E-state index is 12.6. The quantitative estimate of drug-likeness (QED) is 0.922. The molecular weight excluding hydrogens is 332 g/mol. The third kappa shape index (κ3) is 2.72. The summed E-state index contributed by atoms with van der Waals surface area (Å²) in [7, 11) is 1.80. The van der Waals surface area contributed by atoms with Crippen LogP contribution in [0.2, 0.25) is 0 Å². The highest BCUT2D eigenvalue weighted by Gasteiger charge is 2.32. The highest BCUT2D eigenvalue weighted by molar-refractivity contribution is 9.10. The van der Waals surface area contributed by atoms with Gasteiger partial charge in [-0.1, -0.05) is 0 Å². The summed E-state index contributed by atoms with van der Waals surface area (Å²) in [4.78, 5) is 18.3. The van der Waals surface area contributed by atoms with Gasteiger partial charge < -0.3 is 4.90 Å². The van der Waals surface area contributed by atoms with E-state index in [1.54, 1.807) is 24.3 Å². The fourth-order valence-electron chi connectivity index (χ4n) is 2.33. The lowest BCUT2D eigenvalue weighted by atomic mass is 10.1. The highest BCUT2D eigenvalue weighted by Crippen LogP contribution is 2.43. The summed E-state index contributed by atoms with van der Waals surface area (Å²) in [6.07, 6.45) is 5.80. The average Bonchev–Trinajstić information content (AvgIpc) is 3.29. The Balaban J connectivity index is 1.81. The van der Waals surface area contributed by atoms with Gasteiger partial charge in [0.15, 0.2) is 5.69 Å². The average molecular weight is 349 g/mol. The number of nitrogens with zero attached hydrogens (tertiary/aromatic N) is 3. The van der Waals surface area contributed by atoms with E-state index in [0.717, 1.165) is 28.6 Å². The van der Waals surface area contributed by atoms with Crippen LogP contribution in [0.25, 0.3) is 0 Å². The minimum absolute atomic E-state index is 0.0338. The van der Waals surface area contributed by atoms with Gasteiger partial charge in [0.1, 0.15) is 0 Å². The molecule has 0 unspecified atom stereocenters. The molecular formula is C15H17BrN4O. The van der Waals surface area contributed by atoms with Crippen molar-refractivity contribution in [2.75, 3.05) is 7.05 Å². The summed E-state index contributed by atoms with van der Waals surface area (Å²) in [6, 6.07) is 3.81. The van der Waals surface area contributed by atoms with E-state index in [9.17, 15) is 4.79 Å². The van der Waals surface area contributed by atoms with Gasteiger partial charge in [0.05, 0.1) is 16.2 Å². The Morgan fingerprint density at radius 1 is 1.43 bits per heavy atom. The van der Waals surface area contributed by atoms with E-state index in [-0.39, 0.29) is 11.9 Å². The van der Waals surface area contributed by atoms with Gasteiger partial charge in [0.2, 0.25) is 0 Å². The Morgan fingerprint density at radius 3 is 2.71 bits per heavy atom. The van der Waals surface area contributed by atoms with Gasteiger partial charge in [-0.25, -0.2) is 0 Å². The molecule has 2 aromatic heterocycles. The number of rotatable bonds is 4. The molecule has 5 nitrogen and oxygen atoms in total. The van der Waals surface area contributed by atoms with Crippen molar-refractivity contribution in [1.29, 1.82) is 0 Å². The molecule has 1 atom stereocenters. The van der Waals surface area contributed by atoms with Crippen LogP contribution in [0.4, 0.5) is 0 Å². The number of hydrogen-bond acceptors (Lipinski definition) is 3. The molecule has 2 heterocycles. The van der Waals surface area contributed by atoms with Crippen LogP contribution in [-0.2, 0) is 0 Å². The fraction of sp³-hybridized carbons (Fsp3) is 0.400. The van der Waals surface area contributed by atoms with Crippen LogP contribution in [0, 0.1) is 0 Å². The monoisotopic (exact) mass is 348 g/mol. The van der Waals surface area contributed by atoms with Crippen molar-refractivity contribution in [1.82, 2.24) is 20.1 Å². The smallest absolute Gasteiger partial charge is 0.275 e. The minimum Gasteiger partial charge on any atom is -0.334 e. The van der Waals surface area contributed by atoms with E-state index in [0.29, 0.717) is 11.6 Å². The molecule has 1 saturated carbocycles. The van der Waals surface area contributed by atoms with Crippen LogP contribution in [0.3, 0.4) is 0 Å². The van der Waals surface area contributed by atoms with Crippen LogP contribution in [0.1, 0.15) is 53.5 Å². The van der Waals surface area contributed by atoms with Gasteiger partial charge in [0, 0.05) is 25.4 Å². The molecule has 3 rings (SSSR count). The van der Waals surface area contributed by atoms with Gasteiger partial charge in [-0.3, -0.25) is 14.9 Å². The molecule has 0 saturated heterocycles. The van der Waals surface area contributed by atoms with Crippen molar-refractivity contribution >= 4 is 21.8 Å². The molecule has 6 heteroatoms. The predicted octanol–water partition coefficient (Wildman–Crippen LogP) is 3.28. The molecule has 1 fully saturated rings. The second-order valence-corrected chi connectivity index (χ2v) is 6.24. The normalized spacial score (nSPS) is 15.8. The van der Waals surface area contributed by atoms with E-state index in [1.807, 2.05) is 19.1 Å². The number of nitrogens with one attached hydrogen (secondary N) is 1. The maximum Gasteiger partial charge on any atom is 0.275 e. The lowest BCUT2D eigenvalue weighted by Gasteiger charge is -2.24. The van der Waals surface area contributed by atoms with E-state index < -0.39 is 0 Å². The Hall–Kier alpha value is -1.69. The Bertz CT molecular complexity index is 651. The first-order chi connectivity index (χ1) is 10.1. The molecule has 0 bridgehead atoms. The number of carbonyl (C=O) groups excluding carboxylic acids is 1. The second-order valence-electron chi connectivity index (χ2n) is 5.45. The number of carbonyl (C=O) groups is 1. The van der Waals surface area contributed by atoms with Gasteiger partial charge in [-0.15, -0.1) is 0 Å². The number of pyridine rings is 1. The summed E-state index contributed by atoms with van der Waals surface area (Å²) in [6.45, 7) is 2.00. The third-order valence-electron chi connectivity index (χ3n) is 4.01. The largest absolute Gasteiger partial charge is 0.334 e. The standard InChI is InChI=1S/C15H17BrN4O/c1-9(10-5-7-17-8-6-10)20(2)15(21)14-12(16)13(18-19-14)11-3-4-11/h5-9,11H,3-4H2,1-2H3,(H,18,19)/t9-/m1/s1. The topological polar surface area (TPSA) is 61.9 Å². The zero-order chi connectivity index (χ0) is 15.0. The van der Waals surface area contributed by atoms with E-state index in [1.165, 1.54) is 0 Å². The Labute approximate surface area is 131 Å². The van der Waals surface area contributed by atoms with Crippen molar-refractivity contribution in [3.8, 4) is 0 Å². The number of amides is 1. The fourth-order valence-corrected chi connectivity index (χ4v) is 3.01. The lowest BCUT2D eigenvalue weighted by Crippen LogP contribution is -2.30. The van der Waals surface area contributed by atoms with E-state index in [2.05, 4.69) is 31.1 Å². The van der Waals surface area contributed by atoms with Crippen LogP contribution in [-0.4, -0.2) is 33.0 Å². The Morgan fingerprint density at radius 2 is 2.10 bits per heavy atom. The number of aromatic amines is 1. The van der Waals surface area contributed by atoms with Crippen molar-refractivity contribution < 1.29 is 4.79 Å². The highest BCUT2D eigenvalue weighted by atomic mass is 79.9. The summed E-state index contributed by atoms with van der Waals surface area (Å²) in [5.41, 5.74) is 2.55. The number of halogens is 1. The number of H-pyrrole nitrogens is 1. The first-order valence-electron chi connectivity index (χ1n) is 7.00. The van der Waals surface area contributed by atoms with Gasteiger partial charge in [-0.2, -0.15) is 5.10 Å². The molecule has 0 radical (unpaired) electrons. The Kier molecular flexibility index (Phi) is 3.80. The molecule has 1 N–H and O–H groups in total. The molecule has 110 valence electrons. The summed E-state index contributed by atoms with van der Waals surface area (Å²) in [5, 5.41) is 7.19. The van der Waals surface area contributed by atoms with E-state index >= 15 is 0 Å². The molecule has 0 aliphatic heterocycles. The lowest BCUT2D eigenvalue weighted by molar-refractivity contribution is 0.0735. The van der Waals surface area contributed by atoms with E-state index in [4.69, 9.17) is 0 Å². The third-order valence-corrected chi connectivity index (χ3v) is 4.81. The summed E-state index contributed by atoms with van der Waals surface area (Å²) < 4.78 is 0.809. The van der Waals surface area contributed by atoms with Crippen LogP contribution < -0.4 is 0 Å². The number of aromatic nitrogens is 3. The van der Waals surface area contributed by atoms with Gasteiger partial charge >= 0.3 is 0 Å². The van der Waals surface area contributed by atoms with Crippen LogP contribution in [0.15, 0.2) is 29.0 Å². The van der Waals surface area contributed by atoms with Crippen molar-refractivity contribution in [3.05, 3.63) is 46.0 Å². The molecule has 1 aliphatic carbocycles. The molecule has 0 aromatic carbocycles. The van der Waals surface area contributed by atoms with Crippen molar-refractivity contribution in [3.63, 3.8) is 0 Å². The molecule has 21 heavy (non-hydrogen) atoms. The first kappa shape index (κ1) is 14.3. The SMILES string of the molecule is C[C@H](c1ccncc1)N(C)C(=O)c1n[nH]c(C2CC2)c1Br. The summed E-state index contributed by atoms with van der Waals surface area (Å²) >= 11 is 3.51. The zero-order valence-corrected chi connectivity index (χ0v) is 13.6. The maximum atomic E-state index is 12.6. The van der Waals surface area contributed by atoms with Crippen LogP contribution in [0.5, 0.6) is 0 Å². The minimum atomic E-state index is -0.0886. The number of hydrogen-bond donors (Lipinski definition) is 1. The second kappa shape index (κ2) is 5.60. The van der Waals surface area contributed by atoms with Gasteiger partial charge in [-0.05, 0) is 53.4 Å². The van der Waals surface area contributed by atoms with Crippen molar-refractivity contribution in [2.24, 2.45) is 0 Å². The first-order valence-corrected chi connectivity index (χ1v) is 7.79. The predicted molar refractivity (Wildman–Crippen MR) is 83.0 cm³/mol. The molecule has 0 spiro atoms. The van der Waals surface area contributed by atoms with Gasteiger partial charge in [0.25, 0.3) is 5.91 Å². The molecule has 2 aromatic rings. The molecule has 1 aliphatic rings. The zero-order valence-electron chi connectivity index (χ0n) is 12.0. The molecule has 1 amide bonds. The van der Waals surface area contributed by atoms with Crippen LogP contribution >= 0.6 is 15.9 Å². The summed E-state index contributed by atoms with van der Waals surface area (Å²) in [5.74, 6) is 0.436.